The van der Waals surface area contributed by atoms with Crippen molar-refractivity contribution in [1.82, 2.24) is 0 Å². The first-order valence-corrected chi connectivity index (χ1v) is 8.26. The minimum atomic E-state index is -4.61. The summed E-state index contributed by atoms with van der Waals surface area (Å²) in [5.41, 5.74) is 2.67. The van der Waals surface area contributed by atoms with E-state index in [1.54, 1.807) is 6.26 Å². The van der Waals surface area contributed by atoms with E-state index >= 15 is 0 Å². The van der Waals surface area contributed by atoms with Crippen LogP contribution in [0.4, 0.5) is 37.7 Å². The van der Waals surface area contributed by atoms with Gasteiger partial charge in [0.25, 0.3) is 0 Å². The van der Waals surface area contributed by atoms with Gasteiger partial charge in [0.05, 0.1) is 27.5 Å². The molecule has 25 heavy (non-hydrogen) atoms. The van der Waals surface area contributed by atoms with E-state index in [1.807, 2.05) is 0 Å². The van der Waals surface area contributed by atoms with Gasteiger partial charge < -0.3 is 10.9 Å². The van der Waals surface area contributed by atoms with Crippen LogP contribution < -0.4 is 10.9 Å². The second kappa shape index (κ2) is 7.25. The number of alkyl halides is 6. The summed E-state index contributed by atoms with van der Waals surface area (Å²) in [5, 5.41) is -0.562. The van der Waals surface area contributed by atoms with Gasteiger partial charge >= 0.3 is 12.4 Å². The van der Waals surface area contributed by atoms with Crippen molar-refractivity contribution in [2.24, 2.45) is 0 Å². The van der Waals surface area contributed by atoms with Crippen molar-refractivity contribution in [1.29, 1.82) is 0 Å². The molecule has 2 nitrogen and oxygen atoms in total. The Kier molecular flexibility index (Phi) is 5.68. The number of hydrogen-bond donors (Lipinski definition) is 2. The standard InChI is InChI=1S/C15H11ClF6N2S/c1-25-9-3-5-13(11(7-9)15(20,21)22)24-23-8-2-4-10(12(16)6-8)14(17,18)19/h2-7,23-24H,1H3. The van der Waals surface area contributed by atoms with E-state index in [9.17, 15) is 26.3 Å². The highest BCUT2D eigenvalue weighted by Crippen LogP contribution is 2.38. The van der Waals surface area contributed by atoms with E-state index in [0.29, 0.717) is 4.90 Å². The van der Waals surface area contributed by atoms with Crippen LogP contribution in [0, 0.1) is 0 Å². The fourth-order valence-corrected chi connectivity index (χ4v) is 2.68. The molecule has 0 aromatic heterocycles. The van der Waals surface area contributed by atoms with Crippen molar-refractivity contribution in [2.45, 2.75) is 17.2 Å². The summed E-state index contributed by atoms with van der Waals surface area (Å²) in [6.45, 7) is 0. The van der Waals surface area contributed by atoms with Crippen molar-refractivity contribution in [3.05, 3.63) is 52.5 Å². The lowest BCUT2D eigenvalue weighted by Gasteiger charge is -2.17. The number of rotatable bonds is 4. The molecule has 0 saturated heterocycles. The average molecular weight is 401 g/mol. The Morgan fingerprint density at radius 3 is 2.00 bits per heavy atom. The Hall–Kier alpha value is -1.74. The third-order valence-electron chi connectivity index (χ3n) is 3.15. The number of hydrogen-bond acceptors (Lipinski definition) is 3. The molecule has 0 amide bonds. The summed E-state index contributed by atoms with van der Waals surface area (Å²) in [5.74, 6) is 0. The Balaban J connectivity index is 2.23. The van der Waals surface area contributed by atoms with Crippen LogP contribution in [0.15, 0.2) is 41.3 Å². The van der Waals surface area contributed by atoms with Gasteiger partial charge in [0.1, 0.15) is 0 Å². The largest absolute Gasteiger partial charge is 0.418 e. The van der Waals surface area contributed by atoms with Crippen molar-refractivity contribution in [3.8, 4) is 0 Å². The SMILES string of the molecule is CSc1ccc(NNc2ccc(C(F)(F)F)c(Cl)c2)c(C(F)(F)F)c1. The lowest BCUT2D eigenvalue weighted by molar-refractivity contribution is -0.138. The van der Waals surface area contributed by atoms with Crippen molar-refractivity contribution >= 4 is 34.7 Å². The van der Waals surface area contributed by atoms with E-state index in [0.717, 1.165) is 36.0 Å². The zero-order valence-corrected chi connectivity index (χ0v) is 14.1. The van der Waals surface area contributed by atoms with Crippen LogP contribution in [0.3, 0.4) is 0 Å². The van der Waals surface area contributed by atoms with Crippen LogP contribution >= 0.6 is 23.4 Å². The number of benzene rings is 2. The predicted octanol–water partition coefficient (Wildman–Crippen LogP) is 6.54. The maximum atomic E-state index is 13.1. The first-order valence-electron chi connectivity index (χ1n) is 6.66. The highest BCUT2D eigenvalue weighted by molar-refractivity contribution is 7.98. The quantitative estimate of drug-likeness (QED) is 0.346. The lowest BCUT2D eigenvalue weighted by atomic mass is 10.1. The first kappa shape index (κ1) is 19.6. The third kappa shape index (κ3) is 4.88. The fourth-order valence-electron chi connectivity index (χ4n) is 1.96. The second-order valence-corrected chi connectivity index (χ2v) is 6.14. The molecule has 0 unspecified atom stereocenters. The normalized spacial score (nSPS) is 12.2. The molecule has 0 aliphatic rings. The van der Waals surface area contributed by atoms with Gasteiger partial charge in [-0.15, -0.1) is 11.8 Å². The third-order valence-corrected chi connectivity index (χ3v) is 4.19. The first-order chi connectivity index (χ1) is 11.5. The summed E-state index contributed by atoms with van der Waals surface area (Å²) in [7, 11) is 0. The Bertz CT molecular complexity index is 761. The van der Waals surface area contributed by atoms with Gasteiger partial charge in [-0.25, -0.2) is 0 Å². The topological polar surface area (TPSA) is 24.1 Å². The Morgan fingerprint density at radius 1 is 0.840 bits per heavy atom. The van der Waals surface area contributed by atoms with Crippen LogP contribution in [0.25, 0.3) is 0 Å². The molecule has 2 aromatic rings. The molecule has 2 aromatic carbocycles. The lowest BCUT2D eigenvalue weighted by Crippen LogP contribution is -2.15. The molecule has 0 spiro atoms. The van der Waals surface area contributed by atoms with Gasteiger partial charge in [0, 0.05) is 4.90 Å². The van der Waals surface area contributed by atoms with E-state index in [1.165, 1.54) is 12.1 Å². The number of halogens is 7. The molecule has 136 valence electrons. The minimum absolute atomic E-state index is 0.0834. The molecular weight excluding hydrogens is 390 g/mol. The maximum Gasteiger partial charge on any atom is 0.418 e. The van der Waals surface area contributed by atoms with Crippen LogP contribution in [0.5, 0.6) is 0 Å². The minimum Gasteiger partial charge on any atom is -0.301 e. The molecular formula is C15H11ClF6N2S. The molecule has 0 bridgehead atoms. The van der Waals surface area contributed by atoms with Crippen LogP contribution in [0.2, 0.25) is 5.02 Å². The van der Waals surface area contributed by atoms with Gasteiger partial charge in [-0.3, -0.25) is 0 Å². The zero-order chi connectivity index (χ0) is 18.8. The van der Waals surface area contributed by atoms with Crippen LogP contribution in [-0.2, 0) is 12.4 Å². The van der Waals surface area contributed by atoms with Gasteiger partial charge in [-0.05, 0) is 42.7 Å². The summed E-state index contributed by atoms with van der Waals surface area (Å²) in [4.78, 5) is 0.426. The van der Waals surface area contributed by atoms with Gasteiger partial charge in [0.15, 0.2) is 0 Å². The highest BCUT2D eigenvalue weighted by atomic mass is 35.5. The Morgan fingerprint density at radius 2 is 1.48 bits per heavy atom. The molecule has 2 rings (SSSR count). The van der Waals surface area contributed by atoms with Crippen LogP contribution in [-0.4, -0.2) is 6.26 Å². The van der Waals surface area contributed by atoms with Crippen LogP contribution in [0.1, 0.15) is 11.1 Å². The summed E-state index contributed by atoms with van der Waals surface area (Å²) in [6.07, 6.45) is -7.56. The molecule has 10 heteroatoms. The highest BCUT2D eigenvalue weighted by Gasteiger charge is 2.34. The Labute approximate surface area is 148 Å². The maximum absolute atomic E-state index is 13.1. The zero-order valence-electron chi connectivity index (χ0n) is 12.5. The molecule has 0 atom stereocenters. The van der Waals surface area contributed by atoms with Gasteiger partial charge in [-0.2, -0.15) is 26.3 Å². The van der Waals surface area contributed by atoms with E-state index in [-0.39, 0.29) is 11.4 Å². The van der Waals surface area contributed by atoms with Crippen molar-refractivity contribution in [3.63, 3.8) is 0 Å². The monoisotopic (exact) mass is 400 g/mol. The van der Waals surface area contributed by atoms with Gasteiger partial charge in [-0.1, -0.05) is 11.6 Å². The van der Waals surface area contributed by atoms with Crippen molar-refractivity contribution in [2.75, 3.05) is 17.1 Å². The molecule has 0 aliphatic carbocycles. The van der Waals surface area contributed by atoms with Crippen molar-refractivity contribution < 1.29 is 26.3 Å². The summed E-state index contributed by atoms with van der Waals surface area (Å²) < 4.78 is 77.3. The van der Waals surface area contributed by atoms with E-state index < -0.39 is 28.5 Å². The number of anilines is 2. The predicted molar refractivity (Wildman–Crippen MR) is 86.9 cm³/mol. The number of hydrazine groups is 1. The smallest absolute Gasteiger partial charge is 0.301 e. The number of thioether (sulfide) groups is 1. The second-order valence-electron chi connectivity index (χ2n) is 4.85. The van der Waals surface area contributed by atoms with Gasteiger partial charge in [0.2, 0.25) is 0 Å². The molecule has 0 aliphatic heterocycles. The molecule has 0 saturated carbocycles. The van der Waals surface area contributed by atoms with E-state index in [4.69, 9.17) is 11.6 Å². The summed E-state index contributed by atoms with van der Waals surface area (Å²) in [6, 6.07) is 6.48. The molecule has 2 N–H and O–H groups in total. The van der Waals surface area contributed by atoms with E-state index in [2.05, 4.69) is 10.9 Å². The molecule has 0 heterocycles. The summed E-state index contributed by atoms with van der Waals surface area (Å²) >= 11 is 6.72. The average Bonchev–Trinajstić information content (AvgIpc) is 2.50. The molecule has 0 fully saturated rings. The molecule has 0 radical (unpaired) electrons. The number of nitrogens with one attached hydrogen (secondary N) is 2. The fraction of sp³-hybridized carbons (Fsp3) is 0.200.